The second-order valence-corrected chi connectivity index (χ2v) is 5.12. The molecule has 0 atom stereocenters. The van der Waals surface area contributed by atoms with Gasteiger partial charge in [-0.1, -0.05) is 11.6 Å². The molecule has 20 heavy (non-hydrogen) atoms. The van der Waals surface area contributed by atoms with Crippen LogP contribution < -0.4 is 10.5 Å². The molecule has 0 bridgehead atoms. The van der Waals surface area contributed by atoms with Gasteiger partial charge in [0.1, 0.15) is 11.3 Å². The van der Waals surface area contributed by atoms with Gasteiger partial charge in [0.2, 0.25) is 5.55 Å². The van der Waals surface area contributed by atoms with Crippen LogP contribution >= 0.6 is 11.6 Å². The number of hydrogen-bond donors (Lipinski definition) is 1. The molecule has 0 aliphatic heterocycles. The van der Waals surface area contributed by atoms with Crippen molar-refractivity contribution in [3.8, 4) is 5.69 Å². The lowest BCUT2D eigenvalue weighted by molar-refractivity contribution is 0.524. The monoisotopic (exact) mass is 288 g/mol. The van der Waals surface area contributed by atoms with E-state index in [4.69, 9.17) is 21.4 Å². The molecule has 3 aromatic rings. The number of fused-ring (bicyclic) bond motifs is 1. The number of hydrogen-bond acceptors (Lipinski definition) is 4. The van der Waals surface area contributed by atoms with Gasteiger partial charge in [0.25, 0.3) is 0 Å². The van der Waals surface area contributed by atoms with E-state index in [1.54, 1.807) is 6.20 Å². The smallest absolute Gasteiger partial charge is 0.238 e. The topological polar surface area (TPSA) is 58.1 Å². The second kappa shape index (κ2) is 4.68. The summed E-state index contributed by atoms with van der Waals surface area (Å²) in [6.07, 6.45) is 3.17. The average molecular weight is 289 g/mol. The number of benzene rings is 1. The molecule has 2 aromatic heterocycles. The van der Waals surface area contributed by atoms with E-state index in [9.17, 15) is 0 Å². The number of aromatic nitrogens is 2. The van der Waals surface area contributed by atoms with E-state index >= 15 is 0 Å². The van der Waals surface area contributed by atoms with Crippen LogP contribution in [-0.4, -0.2) is 23.9 Å². The predicted octanol–water partition coefficient (Wildman–Crippen LogP) is 2.82. The highest BCUT2D eigenvalue weighted by Crippen LogP contribution is 2.21. The lowest BCUT2D eigenvalue weighted by Gasteiger charge is -2.12. The van der Waals surface area contributed by atoms with Crippen molar-refractivity contribution in [2.45, 2.75) is 0 Å². The molecular weight excluding hydrogens is 276 g/mol. The molecule has 0 aliphatic rings. The van der Waals surface area contributed by atoms with Crippen LogP contribution in [0.2, 0.25) is 5.02 Å². The molecule has 1 N–H and O–H groups in total. The Hall–Kier alpha value is -2.27. The molecule has 102 valence electrons. The summed E-state index contributed by atoms with van der Waals surface area (Å²) in [5.74, 6) is 0. The number of anilines is 1. The molecule has 6 heteroatoms. The number of halogens is 1. The minimum absolute atomic E-state index is 0.0492. The Bertz CT molecular complexity index is 835. The fraction of sp³-hybridized carbons (Fsp3) is 0.143. The molecular formula is C14H13ClN4O. The molecule has 0 aliphatic carbocycles. The first kappa shape index (κ1) is 12.7. The molecule has 0 radical (unpaired) electrons. The molecule has 0 saturated heterocycles. The second-order valence-electron chi connectivity index (χ2n) is 4.68. The summed E-state index contributed by atoms with van der Waals surface area (Å²) in [6, 6.07) is 7.74. The number of rotatable bonds is 2. The van der Waals surface area contributed by atoms with Gasteiger partial charge < -0.3 is 9.32 Å². The molecule has 0 spiro atoms. The molecule has 0 fully saturated rings. The summed E-state index contributed by atoms with van der Waals surface area (Å²) in [6.45, 7) is 0. The quantitative estimate of drug-likeness (QED) is 0.789. The molecule has 3 rings (SSSR count). The zero-order valence-electron chi connectivity index (χ0n) is 11.1. The first-order valence-electron chi connectivity index (χ1n) is 6.05. The highest BCUT2D eigenvalue weighted by atomic mass is 35.5. The van der Waals surface area contributed by atoms with Crippen molar-refractivity contribution < 1.29 is 4.42 Å². The van der Waals surface area contributed by atoms with E-state index in [-0.39, 0.29) is 5.55 Å². The minimum atomic E-state index is 0.0492. The lowest BCUT2D eigenvalue weighted by atomic mass is 10.2. The average Bonchev–Trinajstić information content (AvgIpc) is 2.83. The maximum atomic E-state index is 7.99. The standard InChI is InChI=1S/C14H13ClN4O/c1-18(2)11-4-3-9-5-12(14(16)20-13(9)6-11)19-8-10(15)7-17-19/h3-8,16H,1-2H3. The molecule has 0 unspecified atom stereocenters. The third kappa shape index (κ3) is 2.16. The Morgan fingerprint density at radius 3 is 2.75 bits per heavy atom. The van der Waals surface area contributed by atoms with Gasteiger partial charge in [0.05, 0.1) is 11.2 Å². The minimum Gasteiger partial charge on any atom is -0.437 e. The summed E-state index contributed by atoms with van der Waals surface area (Å²) in [4.78, 5) is 1.99. The van der Waals surface area contributed by atoms with Crippen LogP contribution in [0, 0.1) is 5.41 Å². The Morgan fingerprint density at radius 1 is 1.30 bits per heavy atom. The van der Waals surface area contributed by atoms with Gasteiger partial charge >= 0.3 is 0 Å². The fourth-order valence-corrected chi connectivity index (χ4v) is 2.12. The van der Waals surface area contributed by atoms with E-state index in [0.717, 1.165) is 11.1 Å². The Kier molecular flexibility index (Phi) is 2.99. The highest BCUT2D eigenvalue weighted by Gasteiger charge is 2.07. The van der Waals surface area contributed by atoms with Gasteiger partial charge in [-0.2, -0.15) is 5.10 Å². The van der Waals surface area contributed by atoms with Crippen molar-refractivity contribution in [3.05, 3.63) is 47.2 Å². The van der Waals surface area contributed by atoms with Gasteiger partial charge in [-0.15, -0.1) is 0 Å². The summed E-state index contributed by atoms with van der Waals surface area (Å²) in [7, 11) is 3.92. The van der Waals surface area contributed by atoms with Gasteiger partial charge in [-0.3, -0.25) is 5.41 Å². The third-order valence-electron chi connectivity index (χ3n) is 3.05. The lowest BCUT2D eigenvalue weighted by Crippen LogP contribution is -2.11. The van der Waals surface area contributed by atoms with Crippen molar-refractivity contribution in [1.82, 2.24) is 9.78 Å². The van der Waals surface area contributed by atoms with Crippen molar-refractivity contribution in [3.63, 3.8) is 0 Å². The molecule has 0 saturated carbocycles. The Morgan fingerprint density at radius 2 is 2.10 bits per heavy atom. The van der Waals surface area contributed by atoms with E-state index in [1.807, 2.05) is 43.3 Å². The predicted molar refractivity (Wildman–Crippen MR) is 78.5 cm³/mol. The first-order valence-corrected chi connectivity index (χ1v) is 6.43. The van der Waals surface area contributed by atoms with Crippen LogP contribution in [0.15, 0.2) is 41.1 Å². The maximum absolute atomic E-state index is 7.99. The zero-order chi connectivity index (χ0) is 14.3. The Balaban J connectivity index is 2.20. The van der Waals surface area contributed by atoms with Crippen LogP contribution in [0.4, 0.5) is 5.69 Å². The molecule has 1 aromatic carbocycles. The summed E-state index contributed by atoms with van der Waals surface area (Å²) in [5.41, 5.74) is 2.30. The first-order chi connectivity index (χ1) is 9.54. The summed E-state index contributed by atoms with van der Waals surface area (Å²) in [5, 5.41) is 13.5. The molecule has 5 nitrogen and oxygen atoms in total. The van der Waals surface area contributed by atoms with Crippen LogP contribution in [0.1, 0.15) is 0 Å². The van der Waals surface area contributed by atoms with Crippen molar-refractivity contribution in [1.29, 1.82) is 5.41 Å². The number of nitrogens with zero attached hydrogens (tertiary/aromatic N) is 3. The van der Waals surface area contributed by atoms with Crippen molar-refractivity contribution in [2.24, 2.45) is 0 Å². The van der Waals surface area contributed by atoms with Crippen molar-refractivity contribution in [2.75, 3.05) is 19.0 Å². The van der Waals surface area contributed by atoms with Gasteiger partial charge in [0.15, 0.2) is 0 Å². The highest BCUT2D eigenvalue weighted by molar-refractivity contribution is 6.30. The fourth-order valence-electron chi connectivity index (χ4n) is 1.99. The van der Waals surface area contributed by atoms with Gasteiger partial charge in [0, 0.05) is 37.4 Å². The van der Waals surface area contributed by atoms with E-state index < -0.39 is 0 Å². The van der Waals surface area contributed by atoms with E-state index in [1.165, 1.54) is 10.9 Å². The van der Waals surface area contributed by atoms with Crippen LogP contribution in [0.25, 0.3) is 16.7 Å². The van der Waals surface area contributed by atoms with E-state index in [0.29, 0.717) is 16.3 Å². The van der Waals surface area contributed by atoms with Crippen LogP contribution in [0.3, 0.4) is 0 Å². The van der Waals surface area contributed by atoms with Crippen molar-refractivity contribution >= 4 is 28.3 Å². The normalized spacial score (nSPS) is 10.9. The van der Waals surface area contributed by atoms with Gasteiger partial charge in [-0.25, -0.2) is 4.68 Å². The SMILES string of the molecule is CN(C)c1ccc2cc(-n3cc(Cl)cn3)c(=N)oc2c1. The molecule has 2 heterocycles. The van der Waals surface area contributed by atoms with E-state index in [2.05, 4.69) is 5.10 Å². The molecule has 0 amide bonds. The van der Waals surface area contributed by atoms with Gasteiger partial charge in [-0.05, 0) is 18.2 Å². The van der Waals surface area contributed by atoms with Crippen LogP contribution in [-0.2, 0) is 0 Å². The maximum Gasteiger partial charge on any atom is 0.238 e. The Labute approximate surface area is 120 Å². The largest absolute Gasteiger partial charge is 0.437 e. The van der Waals surface area contributed by atoms with Crippen LogP contribution in [0.5, 0.6) is 0 Å². The summed E-state index contributed by atoms with van der Waals surface area (Å²) < 4.78 is 7.12. The number of nitrogens with one attached hydrogen (secondary N) is 1. The third-order valence-corrected chi connectivity index (χ3v) is 3.24. The zero-order valence-corrected chi connectivity index (χ0v) is 11.8. The summed E-state index contributed by atoms with van der Waals surface area (Å²) >= 11 is 5.86.